The Hall–Kier alpha value is -0.730. The van der Waals surface area contributed by atoms with Gasteiger partial charge in [0.1, 0.15) is 0 Å². The smallest absolute Gasteiger partial charge is 0.337 e. The van der Waals surface area contributed by atoms with Gasteiger partial charge in [0.25, 0.3) is 0 Å². The molecule has 1 fully saturated rings. The maximum Gasteiger partial charge on any atom is 0.451 e. The lowest BCUT2D eigenvalue weighted by atomic mass is 10.2. The van der Waals surface area contributed by atoms with Crippen molar-refractivity contribution in [2.75, 3.05) is 12.5 Å². The van der Waals surface area contributed by atoms with Gasteiger partial charge in [-0.05, 0) is 12.1 Å². The Morgan fingerprint density at radius 2 is 2.00 bits per heavy atom. The van der Waals surface area contributed by atoms with Crippen molar-refractivity contribution in [2.45, 2.75) is 18.1 Å². The van der Waals surface area contributed by atoms with Gasteiger partial charge < -0.3 is 14.5 Å². The van der Waals surface area contributed by atoms with Crippen LogP contribution in [-0.2, 0) is 15.3 Å². The number of nitrogens with zero attached hydrogens (tertiary/aromatic N) is 1. The van der Waals surface area contributed by atoms with Crippen LogP contribution in [0.15, 0.2) is 12.1 Å². The molecule has 1 aromatic heterocycles. The van der Waals surface area contributed by atoms with Crippen LogP contribution in [0.2, 0.25) is 10.0 Å². The number of aromatic nitrogens is 2. The van der Waals surface area contributed by atoms with Crippen LogP contribution in [0.4, 0.5) is 13.2 Å². The summed E-state index contributed by atoms with van der Waals surface area (Å²) in [5.41, 5.74) is 0.504. The Bertz CT molecular complexity index is 682. The summed E-state index contributed by atoms with van der Waals surface area (Å²) in [6.07, 6.45) is -5.72. The van der Waals surface area contributed by atoms with E-state index in [-0.39, 0.29) is 33.6 Å². The first kappa shape index (κ1) is 16.1. The molecule has 4 nitrogen and oxygen atoms in total. The van der Waals surface area contributed by atoms with Gasteiger partial charge in [0.2, 0.25) is 0 Å². The fourth-order valence-corrected chi connectivity index (χ4v) is 2.63. The molecule has 1 aliphatic heterocycles. The van der Waals surface area contributed by atoms with Crippen molar-refractivity contribution < 1.29 is 22.6 Å². The number of aromatic amines is 1. The van der Waals surface area contributed by atoms with Crippen LogP contribution in [0, 0.1) is 0 Å². The number of ether oxygens (including phenoxy) is 2. The lowest BCUT2D eigenvalue weighted by Gasteiger charge is -2.27. The molecule has 2 aromatic rings. The lowest BCUT2D eigenvalue weighted by Crippen LogP contribution is -2.45. The van der Waals surface area contributed by atoms with Gasteiger partial charge in [0, 0.05) is 0 Å². The normalized spacial score (nSPS) is 26.0. The summed E-state index contributed by atoms with van der Waals surface area (Å²) in [7, 11) is 0. The molecule has 0 bridgehead atoms. The van der Waals surface area contributed by atoms with E-state index in [9.17, 15) is 13.2 Å². The van der Waals surface area contributed by atoms with E-state index in [4.69, 9.17) is 44.3 Å². The van der Waals surface area contributed by atoms with Crippen LogP contribution >= 0.6 is 34.8 Å². The van der Waals surface area contributed by atoms with Crippen molar-refractivity contribution in [3.05, 3.63) is 28.0 Å². The Labute approximate surface area is 137 Å². The number of rotatable bonds is 2. The maximum absolute atomic E-state index is 13.5. The van der Waals surface area contributed by atoms with Gasteiger partial charge in [-0.1, -0.05) is 23.2 Å². The maximum atomic E-state index is 13.5. The number of hydrogen-bond acceptors (Lipinski definition) is 3. The molecule has 1 aliphatic rings. The van der Waals surface area contributed by atoms with E-state index in [0.29, 0.717) is 0 Å². The third kappa shape index (κ3) is 2.45. The number of hydrogen-bond donors (Lipinski definition) is 1. The number of alkyl halides is 4. The molecule has 3 rings (SSSR count). The Morgan fingerprint density at radius 1 is 1.32 bits per heavy atom. The van der Waals surface area contributed by atoms with Gasteiger partial charge in [-0.15, -0.1) is 11.6 Å². The number of nitrogens with one attached hydrogen (secondary N) is 1. The summed E-state index contributed by atoms with van der Waals surface area (Å²) in [5.74, 6) is -3.64. The standard InChI is InChI=1S/C12H8Cl3F3N2O2/c13-3-5-4-21-11(22-5,12(16,17)18)10-19-8-1-6(14)7(15)2-9(8)20-10/h1-2,5H,3-4H2,(H,19,20). The van der Waals surface area contributed by atoms with E-state index in [1.54, 1.807) is 0 Å². The van der Waals surface area contributed by atoms with E-state index < -0.39 is 23.9 Å². The lowest BCUT2D eigenvalue weighted by molar-refractivity contribution is -0.359. The SMILES string of the molecule is FC(F)(F)C1(c2nc3cc(Cl)c(Cl)cc3[nH]2)OCC(CCl)O1. The summed E-state index contributed by atoms with van der Waals surface area (Å²) in [6, 6.07) is 2.74. The molecule has 2 atom stereocenters. The third-order valence-electron chi connectivity index (χ3n) is 3.19. The van der Waals surface area contributed by atoms with Crippen molar-refractivity contribution in [2.24, 2.45) is 0 Å². The van der Waals surface area contributed by atoms with E-state index >= 15 is 0 Å². The zero-order chi connectivity index (χ0) is 16.1. The zero-order valence-electron chi connectivity index (χ0n) is 10.7. The van der Waals surface area contributed by atoms with Crippen LogP contribution in [0.3, 0.4) is 0 Å². The van der Waals surface area contributed by atoms with E-state index in [1.165, 1.54) is 12.1 Å². The highest BCUT2D eigenvalue weighted by molar-refractivity contribution is 6.42. The minimum absolute atomic E-state index is 0.129. The summed E-state index contributed by atoms with van der Waals surface area (Å²) in [6.45, 7) is -0.290. The monoisotopic (exact) mass is 374 g/mol. The molecule has 0 aliphatic carbocycles. The molecule has 120 valence electrons. The minimum Gasteiger partial charge on any atom is -0.337 e. The highest BCUT2D eigenvalue weighted by Gasteiger charge is 2.65. The average Bonchev–Trinajstić information content (AvgIpc) is 3.03. The topological polar surface area (TPSA) is 47.1 Å². The quantitative estimate of drug-likeness (QED) is 0.799. The molecule has 10 heteroatoms. The molecule has 2 unspecified atom stereocenters. The Balaban J connectivity index is 2.13. The average molecular weight is 376 g/mol. The predicted molar refractivity (Wildman–Crippen MR) is 75.4 cm³/mol. The molecule has 1 N–H and O–H groups in total. The van der Waals surface area contributed by atoms with Gasteiger partial charge in [0.15, 0.2) is 5.82 Å². The summed E-state index contributed by atoms with van der Waals surface area (Å²) < 4.78 is 50.4. The molecular weight excluding hydrogens is 367 g/mol. The summed E-state index contributed by atoms with van der Waals surface area (Å²) >= 11 is 17.2. The van der Waals surface area contributed by atoms with Crippen molar-refractivity contribution in [3.63, 3.8) is 0 Å². The van der Waals surface area contributed by atoms with Crippen molar-refractivity contribution in [1.82, 2.24) is 9.97 Å². The first-order valence-corrected chi connectivity index (χ1v) is 7.35. The number of imidazole rings is 1. The van der Waals surface area contributed by atoms with Crippen LogP contribution in [0.1, 0.15) is 5.82 Å². The second-order valence-electron chi connectivity index (χ2n) is 4.69. The van der Waals surface area contributed by atoms with E-state index in [0.717, 1.165) is 0 Å². The molecular formula is C12H8Cl3F3N2O2. The number of benzene rings is 1. The largest absolute Gasteiger partial charge is 0.451 e. The highest BCUT2D eigenvalue weighted by Crippen LogP contribution is 2.47. The van der Waals surface area contributed by atoms with Crippen LogP contribution in [0.25, 0.3) is 11.0 Å². The van der Waals surface area contributed by atoms with Crippen LogP contribution in [0.5, 0.6) is 0 Å². The van der Waals surface area contributed by atoms with Gasteiger partial charge in [-0.3, -0.25) is 0 Å². The summed E-state index contributed by atoms with van der Waals surface area (Å²) in [5, 5.41) is 0.373. The number of halogens is 6. The van der Waals surface area contributed by atoms with Crippen molar-refractivity contribution >= 4 is 45.8 Å². The molecule has 1 aromatic carbocycles. The predicted octanol–water partition coefficient (Wildman–Crippen LogP) is 4.24. The zero-order valence-corrected chi connectivity index (χ0v) is 12.9. The van der Waals surface area contributed by atoms with E-state index in [1.807, 2.05) is 0 Å². The van der Waals surface area contributed by atoms with E-state index in [2.05, 4.69) is 9.97 Å². The molecule has 1 saturated heterocycles. The molecule has 2 heterocycles. The molecule has 0 amide bonds. The first-order valence-electron chi connectivity index (χ1n) is 6.06. The second-order valence-corrected chi connectivity index (χ2v) is 5.81. The van der Waals surface area contributed by atoms with Gasteiger partial charge >= 0.3 is 12.0 Å². The number of fused-ring (bicyclic) bond motifs is 1. The second kappa shape index (κ2) is 5.42. The third-order valence-corrected chi connectivity index (χ3v) is 4.25. The van der Waals surface area contributed by atoms with Gasteiger partial charge in [-0.25, -0.2) is 4.98 Å². The highest BCUT2D eigenvalue weighted by atomic mass is 35.5. The Morgan fingerprint density at radius 3 is 2.59 bits per heavy atom. The van der Waals surface area contributed by atoms with Crippen molar-refractivity contribution in [1.29, 1.82) is 0 Å². The number of H-pyrrole nitrogens is 1. The fraction of sp³-hybridized carbons (Fsp3) is 0.417. The molecule has 0 spiro atoms. The van der Waals surface area contributed by atoms with Crippen LogP contribution < -0.4 is 0 Å². The minimum atomic E-state index is -4.84. The first-order chi connectivity index (χ1) is 10.3. The van der Waals surface area contributed by atoms with Gasteiger partial charge in [-0.2, -0.15) is 13.2 Å². The fourth-order valence-electron chi connectivity index (χ4n) is 2.16. The molecule has 0 saturated carbocycles. The summed E-state index contributed by atoms with van der Waals surface area (Å²) in [4.78, 5) is 6.42. The Kier molecular flexibility index (Phi) is 3.98. The van der Waals surface area contributed by atoms with Crippen molar-refractivity contribution in [3.8, 4) is 0 Å². The van der Waals surface area contributed by atoms with Crippen LogP contribution in [-0.4, -0.2) is 34.7 Å². The molecule has 22 heavy (non-hydrogen) atoms. The molecule has 0 radical (unpaired) electrons. The van der Waals surface area contributed by atoms with Gasteiger partial charge in [0.05, 0.1) is 39.7 Å².